The van der Waals surface area contributed by atoms with Crippen molar-refractivity contribution in [1.29, 1.82) is 0 Å². The Morgan fingerprint density at radius 3 is 2.21 bits per heavy atom. The van der Waals surface area contributed by atoms with Gasteiger partial charge in [0.25, 0.3) is 0 Å². The van der Waals surface area contributed by atoms with Gasteiger partial charge in [0, 0.05) is 11.6 Å². The molecule has 0 aliphatic heterocycles. The standard InChI is InChI=1S/C19H37N3O2/c1-14(2)12-16(22(6)15-10-8-7-9-11-15)18(24)20-13-17(23)21-19(3,4)5/h14-16H,7-13H2,1-6H3,(H,20,24)(H,21,23). The topological polar surface area (TPSA) is 61.4 Å². The Kier molecular flexibility index (Phi) is 8.20. The van der Waals surface area contributed by atoms with E-state index >= 15 is 0 Å². The van der Waals surface area contributed by atoms with Gasteiger partial charge in [0.05, 0.1) is 12.6 Å². The van der Waals surface area contributed by atoms with E-state index in [0.717, 1.165) is 6.42 Å². The molecule has 2 N–H and O–H groups in total. The number of carbonyl (C=O) groups excluding carboxylic acids is 2. The van der Waals surface area contributed by atoms with Gasteiger partial charge in [-0.15, -0.1) is 0 Å². The second kappa shape index (κ2) is 9.40. The van der Waals surface area contributed by atoms with Gasteiger partial charge in [0.2, 0.25) is 11.8 Å². The van der Waals surface area contributed by atoms with Gasteiger partial charge in [-0.3, -0.25) is 14.5 Å². The second-order valence-corrected chi connectivity index (χ2v) is 8.62. The summed E-state index contributed by atoms with van der Waals surface area (Å²) in [7, 11) is 2.07. The van der Waals surface area contributed by atoms with Crippen molar-refractivity contribution in [3.05, 3.63) is 0 Å². The molecule has 1 saturated carbocycles. The number of likely N-dealkylation sites (N-methyl/N-ethyl adjacent to an activating group) is 1. The molecule has 140 valence electrons. The van der Waals surface area contributed by atoms with Gasteiger partial charge in [-0.1, -0.05) is 33.1 Å². The third-order valence-corrected chi connectivity index (χ3v) is 4.58. The molecule has 0 aromatic rings. The first-order valence-corrected chi connectivity index (χ1v) is 9.41. The zero-order chi connectivity index (χ0) is 18.3. The van der Waals surface area contributed by atoms with Crippen molar-refractivity contribution < 1.29 is 9.59 Å². The van der Waals surface area contributed by atoms with E-state index in [2.05, 4.69) is 36.4 Å². The average molecular weight is 340 g/mol. The number of carbonyl (C=O) groups is 2. The smallest absolute Gasteiger partial charge is 0.239 e. The Morgan fingerprint density at radius 1 is 1.12 bits per heavy atom. The summed E-state index contributed by atoms with van der Waals surface area (Å²) < 4.78 is 0. The normalized spacial score (nSPS) is 17.8. The Balaban J connectivity index is 2.62. The Bertz CT molecular complexity index is 409. The second-order valence-electron chi connectivity index (χ2n) is 8.62. The van der Waals surface area contributed by atoms with Gasteiger partial charge in [-0.25, -0.2) is 0 Å². The van der Waals surface area contributed by atoms with Crippen LogP contribution in [0.2, 0.25) is 0 Å². The summed E-state index contributed by atoms with van der Waals surface area (Å²) in [5.41, 5.74) is -0.280. The number of nitrogens with zero attached hydrogens (tertiary/aromatic N) is 1. The van der Waals surface area contributed by atoms with E-state index in [9.17, 15) is 9.59 Å². The maximum absolute atomic E-state index is 12.7. The van der Waals surface area contributed by atoms with Crippen molar-refractivity contribution >= 4 is 11.8 Å². The van der Waals surface area contributed by atoms with E-state index < -0.39 is 0 Å². The molecule has 2 amide bonds. The lowest BCUT2D eigenvalue weighted by molar-refractivity contribution is -0.131. The van der Waals surface area contributed by atoms with Crippen LogP contribution in [0, 0.1) is 5.92 Å². The van der Waals surface area contributed by atoms with Gasteiger partial charge in [-0.2, -0.15) is 0 Å². The third-order valence-electron chi connectivity index (χ3n) is 4.58. The number of rotatable bonds is 7. The molecule has 0 heterocycles. The molecule has 5 heteroatoms. The van der Waals surface area contributed by atoms with Crippen molar-refractivity contribution in [1.82, 2.24) is 15.5 Å². The maximum Gasteiger partial charge on any atom is 0.239 e. The fraction of sp³-hybridized carbons (Fsp3) is 0.895. The molecule has 1 fully saturated rings. The Morgan fingerprint density at radius 2 is 1.71 bits per heavy atom. The largest absolute Gasteiger partial charge is 0.350 e. The predicted octanol–water partition coefficient (Wildman–Crippen LogP) is 2.70. The van der Waals surface area contributed by atoms with Crippen LogP contribution in [-0.2, 0) is 9.59 Å². The fourth-order valence-corrected chi connectivity index (χ4v) is 3.40. The van der Waals surface area contributed by atoms with E-state index in [1.165, 1.54) is 32.1 Å². The fourth-order valence-electron chi connectivity index (χ4n) is 3.40. The number of hydrogen-bond donors (Lipinski definition) is 2. The number of nitrogens with one attached hydrogen (secondary N) is 2. The van der Waals surface area contributed by atoms with Gasteiger partial charge in [0.15, 0.2) is 0 Å². The molecule has 1 aliphatic rings. The summed E-state index contributed by atoms with van der Waals surface area (Å²) in [5.74, 6) is 0.274. The third kappa shape index (κ3) is 7.65. The first-order chi connectivity index (χ1) is 11.1. The van der Waals surface area contributed by atoms with E-state index in [0.29, 0.717) is 12.0 Å². The van der Waals surface area contributed by atoms with Gasteiger partial charge in [-0.05, 0) is 53.0 Å². The molecular formula is C19H37N3O2. The number of amides is 2. The van der Waals surface area contributed by atoms with Crippen LogP contribution in [0.1, 0.15) is 73.1 Å². The molecule has 0 spiro atoms. The molecule has 1 unspecified atom stereocenters. The quantitative estimate of drug-likeness (QED) is 0.750. The van der Waals surface area contributed by atoms with Crippen LogP contribution in [0.3, 0.4) is 0 Å². The summed E-state index contributed by atoms with van der Waals surface area (Å²) in [6.45, 7) is 10.1. The van der Waals surface area contributed by atoms with Crippen LogP contribution in [0.15, 0.2) is 0 Å². The highest BCUT2D eigenvalue weighted by atomic mass is 16.2. The highest BCUT2D eigenvalue weighted by molar-refractivity contribution is 5.87. The molecule has 1 aliphatic carbocycles. The van der Waals surface area contributed by atoms with E-state index in [1.54, 1.807) is 0 Å². The minimum absolute atomic E-state index is 0.0270. The summed E-state index contributed by atoms with van der Waals surface area (Å²) in [5, 5.41) is 5.72. The van der Waals surface area contributed by atoms with Crippen molar-refractivity contribution in [2.45, 2.75) is 90.8 Å². The van der Waals surface area contributed by atoms with Crippen molar-refractivity contribution in [2.75, 3.05) is 13.6 Å². The molecule has 1 atom stereocenters. The molecule has 5 nitrogen and oxygen atoms in total. The lowest BCUT2D eigenvalue weighted by Gasteiger charge is -2.37. The maximum atomic E-state index is 12.7. The predicted molar refractivity (Wildman–Crippen MR) is 98.8 cm³/mol. The molecule has 0 aromatic heterocycles. The highest BCUT2D eigenvalue weighted by Crippen LogP contribution is 2.25. The Hall–Kier alpha value is -1.10. The lowest BCUT2D eigenvalue weighted by atomic mass is 9.92. The molecular weight excluding hydrogens is 302 g/mol. The first-order valence-electron chi connectivity index (χ1n) is 9.41. The van der Waals surface area contributed by atoms with Crippen LogP contribution >= 0.6 is 0 Å². The SMILES string of the molecule is CC(C)CC(C(=O)NCC(=O)NC(C)(C)C)N(C)C1CCCCC1. The molecule has 24 heavy (non-hydrogen) atoms. The summed E-state index contributed by atoms with van der Waals surface area (Å²) in [4.78, 5) is 26.9. The first kappa shape index (κ1) is 20.9. The number of hydrogen-bond acceptors (Lipinski definition) is 3. The minimum Gasteiger partial charge on any atom is -0.350 e. The van der Waals surface area contributed by atoms with E-state index in [1.807, 2.05) is 20.8 Å². The van der Waals surface area contributed by atoms with E-state index in [4.69, 9.17) is 0 Å². The molecule has 0 bridgehead atoms. The monoisotopic (exact) mass is 339 g/mol. The van der Waals surface area contributed by atoms with Crippen molar-refractivity contribution in [3.8, 4) is 0 Å². The lowest BCUT2D eigenvalue weighted by Crippen LogP contribution is -2.53. The minimum atomic E-state index is -0.280. The van der Waals surface area contributed by atoms with Crippen LogP contribution in [0.25, 0.3) is 0 Å². The zero-order valence-electron chi connectivity index (χ0n) is 16.4. The van der Waals surface area contributed by atoms with E-state index in [-0.39, 0.29) is 29.9 Å². The highest BCUT2D eigenvalue weighted by Gasteiger charge is 2.30. The van der Waals surface area contributed by atoms with Crippen LogP contribution in [-0.4, -0.2) is 47.9 Å². The molecule has 0 aromatic carbocycles. The van der Waals surface area contributed by atoms with Crippen molar-refractivity contribution in [2.24, 2.45) is 5.92 Å². The molecule has 0 radical (unpaired) electrons. The van der Waals surface area contributed by atoms with Crippen molar-refractivity contribution in [3.63, 3.8) is 0 Å². The summed E-state index contributed by atoms with van der Waals surface area (Å²) in [6.07, 6.45) is 6.96. The Labute approximate surface area is 147 Å². The van der Waals surface area contributed by atoms with Gasteiger partial charge < -0.3 is 10.6 Å². The van der Waals surface area contributed by atoms with Crippen LogP contribution in [0.4, 0.5) is 0 Å². The van der Waals surface area contributed by atoms with Gasteiger partial charge >= 0.3 is 0 Å². The average Bonchev–Trinajstić information content (AvgIpc) is 2.48. The zero-order valence-corrected chi connectivity index (χ0v) is 16.4. The summed E-state index contributed by atoms with van der Waals surface area (Å²) in [6, 6.07) is 0.326. The van der Waals surface area contributed by atoms with Crippen LogP contribution in [0.5, 0.6) is 0 Å². The molecule has 0 saturated heterocycles. The van der Waals surface area contributed by atoms with Gasteiger partial charge in [0.1, 0.15) is 0 Å². The van der Waals surface area contributed by atoms with Crippen LogP contribution < -0.4 is 10.6 Å². The summed E-state index contributed by atoms with van der Waals surface area (Å²) >= 11 is 0. The molecule has 1 rings (SSSR count).